The van der Waals surface area contributed by atoms with Crippen LogP contribution in [0.5, 0.6) is 0 Å². The van der Waals surface area contributed by atoms with Gasteiger partial charge >= 0.3 is 0 Å². The molecule has 1 fully saturated rings. The Kier molecular flexibility index (Phi) is 4.61. The smallest absolute Gasteiger partial charge is 0.125 e. The Bertz CT molecular complexity index is 807. The molecule has 6 heteroatoms. The summed E-state index contributed by atoms with van der Waals surface area (Å²) >= 11 is 0. The molecule has 1 N–H and O–H groups in total. The summed E-state index contributed by atoms with van der Waals surface area (Å²) in [7, 11) is 0. The molecule has 0 spiro atoms. The fourth-order valence-electron chi connectivity index (χ4n) is 3.68. The van der Waals surface area contributed by atoms with Crippen LogP contribution in [0.3, 0.4) is 0 Å². The van der Waals surface area contributed by atoms with Crippen LogP contribution in [0.15, 0.2) is 49.2 Å². The van der Waals surface area contributed by atoms with Gasteiger partial charge in [-0.3, -0.25) is 15.0 Å². The Morgan fingerprint density at radius 2 is 1.96 bits per heavy atom. The number of nitrogens with zero attached hydrogens (tertiary/aromatic N) is 5. The first-order valence-electron chi connectivity index (χ1n) is 8.97. The fourth-order valence-corrected chi connectivity index (χ4v) is 3.68. The van der Waals surface area contributed by atoms with Crippen LogP contribution in [0.1, 0.15) is 48.4 Å². The van der Waals surface area contributed by atoms with Crippen LogP contribution in [0.2, 0.25) is 0 Å². The van der Waals surface area contributed by atoms with Gasteiger partial charge in [0.2, 0.25) is 0 Å². The number of hydrogen-bond acceptors (Lipinski definition) is 4. The maximum atomic E-state index is 4.64. The fraction of sp³-hybridized carbons (Fsp3) is 0.421. The van der Waals surface area contributed by atoms with E-state index >= 15 is 0 Å². The first-order chi connectivity index (χ1) is 12.3. The molecule has 2 atom stereocenters. The van der Waals surface area contributed by atoms with Crippen LogP contribution in [-0.2, 0) is 13.1 Å². The maximum absolute atomic E-state index is 4.64. The van der Waals surface area contributed by atoms with Crippen molar-refractivity contribution in [1.82, 2.24) is 29.6 Å². The SMILES string of the molecule is Cc1cccnc1[C@@H]1CCC[C@H](c2nccn2CCn2cccn2)N1. The van der Waals surface area contributed by atoms with Crippen molar-refractivity contribution in [3.05, 3.63) is 66.3 Å². The van der Waals surface area contributed by atoms with E-state index in [1.54, 1.807) is 0 Å². The van der Waals surface area contributed by atoms with Gasteiger partial charge in [0.05, 0.1) is 24.3 Å². The van der Waals surface area contributed by atoms with Crippen molar-refractivity contribution in [1.29, 1.82) is 0 Å². The molecule has 1 aliphatic rings. The lowest BCUT2D eigenvalue weighted by atomic mass is 9.94. The minimum atomic E-state index is 0.271. The van der Waals surface area contributed by atoms with E-state index < -0.39 is 0 Å². The highest BCUT2D eigenvalue weighted by Gasteiger charge is 2.27. The summed E-state index contributed by atoms with van der Waals surface area (Å²) in [6.07, 6.45) is 13.1. The molecule has 3 aromatic rings. The summed E-state index contributed by atoms with van der Waals surface area (Å²) in [5.74, 6) is 1.12. The third-order valence-electron chi connectivity index (χ3n) is 4.96. The Morgan fingerprint density at radius 1 is 1.04 bits per heavy atom. The van der Waals surface area contributed by atoms with Crippen molar-refractivity contribution >= 4 is 0 Å². The predicted molar refractivity (Wildman–Crippen MR) is 95.9 cm³/mol. The Labute approximate surface area is 147 Å². The van der Waals surface area contributed by atoms with Gasteiger partial charge in [-0.1, -0.05) is 6.07 Å². The van der Waals surface area contributed by atoms with Crippen LogP contribution >= 0.6 is 0 Å². The molecule has 4 rings (SSSR count). The van der Waals surface area contributed by atoms with Gasteiger partial charge in [0.1, 0.15) is 5.82 Å². The largest absolute Gasteiger partial charge is 0.332 e. The number of hydrogen-bond donors (Lipinski definition) is 1. The second kappa shape index (κ2) is 7.19. The first kappa shape index (κ1) is 16.0. The van der Waals surface area contributed by atoms with E-state index in [1.165, 1.54) is 17.7 Å². The average Bonchev–Trinajstić information content (AvgIpc) is 3.32. The standard InChI is InChI=1S/C19H24N6/c1-15-5-3-8-20-18(15)16-6-2-7-17(23-16)19-21-10-12-24(19)13-14-25-11-4-9-22-25/h3-5,8-12,16-17,23H,2,6-7,13-14H2,1H3/t16-,17+/m0/s1. The number of pyridine rings is 1. The van der Waals surface area contributed by atoms with Gasteiger partial charge in [0.15, 0.2) is 0 Å². The number of aromatic nitrogens is 5. The predicted octanol–water partition coefficient (Wildman–Crippen LogP) is 3.04. The average molecular weight is 336 g/mol. The molecule has 0 aromatic carbocycles. The van der Waals surface area contributed by atoms with Gasteiger partial charge in [-0.15, -0.1) is 0 Å². The Morgan fingerprint density at radius 3 is 2.80 bits per heavy atom. The van der Waals surface area contributed by atoms with Gasteiger partial charge in [-0.25, -0.2) is 4.98 Å². The van der Waals surface area contributed by atoms with E-state index in [-0.39, 0.29) is 6.04 Å². The summed E-state index contributed by atoms with van der Waals surface area (Å²) in [5, 5.41) is 8.06. The van der Waals surface area contributed by atoms with Gasteiger partial charge < -0.3 is 4.57 Å². The van der Waals surface area contributed by atoms with E-state index in [1.807, 2.05) is 41.6 Å². The van der Waals surface area contributed by atoms with Gasteiger partial charge in [-0.2, -0.15) is 5.10 Å². The minimum absolute atomic E-state index is 0.271. The highest BCUT2D eigenvalue weighted by molar-refractivity contribution is 5.22. The van der Waals surface area contributed by atoms with E-state index in [4.69, 9.17) is 0 Å². The second-order valence-electron chi connectivity index (χ2n) is 6.66. The molecule has 130 valence electrons. The second-order valence-corrected chi connectivity index (χ2v) is 6.66. The third kappa shape index (κ3) is 3.49. The monoisotopic (exact) mass is 336 g/mol. The molecule has 1 aliphatic heterocycles. The third-order valence-corrected chi connectivity index (χ3v) is 4.96. The number of nitrogens with one attached hydrogen (secondary N) is 1. The van der Waals surface area contributed by atoms with Crippen molar-refractivity contribution in [3.63, 3.8) is 0 Å². The summed E-state index contributed by atoms with van der Waals surface area (Å²) in [4.78, 5) is 9.25. The van der Waals surface area contributed by atoms with Crippen LogP contribution in [-0.4, -0.2) is 24.3 Å². The topological polar surface area (TPSA) is 60.6 Å². The Balaban J connectivity index is 1.48. The zero-order valence-electron chi connectivity index (χ0n) is 14.5. The van der Waals surface area contributed by atoms with Gasteiger partial charge in [-0.05, 0) is 43.9 Å². The van der Waals surface area contributed by atoms with Crippen LogP contribution in [0.25, 0.3) is 0 Å². The highest BCUT2D eigenvalue weighted by Crippen LogP contribution is 2.32. The molecule has 1 saturated heterocycles. The Hall–Kier alpha value is -2.47. The molecule has 0 bridgehead atoms. The van der Waals surface area contributed by atoms with Crippen molar-refractivity contribution in [2.45, 2.75) is 51.4 Å². The zero-order valence-corrected chi connectivity index (χ0v) is 14.5. The lowest BCUT2D eigenvalue weighted by Gasteiger charge is -2.31. The minimum Gasteiger partial charge on any atom is -0.332 e. The molecular formula is C19H24N6. The van der Waals surface area contributed by atoms with Gasteiger partial charge in [0.25, 0.3) is 0 Å². The summed E-state index contributed by atoms with van der Waals surface area (Å²) in [6.45, 7) is 3.87. The molecule has 0 radical (unpaired) electrons. The molecule has 3 aromatic heterocycles. The van der Waals surface area contributed by atoms with Crippen LogP contribution in [0.4, 0.5) is 0 Å². The normalized spacial score (nSPS) is 20.7. The van der Waals surface area contributed by atoms with E-state index in [0.29, 0.717) is 6.04 Å². The van der Waals surface area contributed by atoms with Crippen molar-refractivity contribution in [2.24, 2.45) is 0 Å². The molecular weight excluding hydrogens is 312 g/mol. The maximum Gasteiger partial charge on any atom is 0.125 e. The van der Waals surface area contributed by atoms with Gasteiger partial charge in [0, 0.05) is 37.5 Å². The number of aryl methyl sites for hydroxylation is 3. The number of rotatable bonds is 5. The molecule has 0 saturated carbocycles. The summed E-state index contributed by atoms with van der Waals surface area (Å²) in [5.41, 5.74) is 2.42. The molecule has 25 heavy (non-hydrogen) atoms. The van der Waals surface area contributed by atoms with Crippen molar-refractivity contribution < 1.29 is 0 Å². The molecule has 0 aliphatic carbocycles. The first-order valence-corrected chi connectivity index (χ1v) is 8.97. The molecule has 6 nitrogen and oxygen atoms in total. The summed E-state index contributed by atoms with van der Waals surface area (Å²) < 4.78 is 4.20. The van der Waals surface area contributed by atoms with Crippen LogP contribution in [0, 0.1) is 6.92 Å². The number of piperidine rings is 1. The lowest BCUT2D eigenvalue weighted by Crippen LogP contribution is -2.33. The van der Waals surface area contributed by atoms with Crippen molar-refractivity contribution in [2.75, 3.05) is 0 Å². The summed E-state index contributed by atoms with van der Waals surface area (Å²) in [6, 6.07) is 6.67. The molecule has 0 amide bonds. The van der Waals surface area contributed by atoms with E-state index in [2.05, 4.69) is 44.1 Å². The lowest BCUT2D eigenvalue weighted by molar-refractivity contribution is 0.307. The number of imidazole rings is 1. The van der Waals surface area contributed by atoms with Crippen LogP contribution < -0.4 is 5.32 Å². The molecule has 4 heterocycles. The quantitative estimate of drug-likeness (QED) is 0.778. The van der Waals surface area contributed by atoms with E-state index in [0.717, 1.165) is 31.8 Å². The van der Waals surface area contributed by atoms with Crippen molar-refractivity contribution in [3.8, 4) is 0 Å². The highest BCUT2D eigenvalue weighted by atomic mass is 15.3. The molecule has 0 unspecified atom stereocenters. The zero-order chi connectivity index (χ0) is 17.1. The van der Waals surface area contributed by atoms with E-state index in [9.17, 15) is 0 Å².